The van der Waals surface area contributed by atoms with E-state index in [1.165, 1.54) is 25.0 Å². The van der Waals surface area contributed by atoms with Crippen molar-refractivity contribution in [1.29, 1.82) is 0 Å². The van der Waals surface area contributed by atoms with Gasteiger partial charge in [0.1, 0.15) is 18.1 Å². The number of nitrogens with zero attached hydrogens (tertiary/aromatic N) is 2. The Morgan fingerprint density at radius 3 is 2.39 bits per heavy atom. The maximum absolute atomic E-state index is 13.2. The predicted molar refractivity (Wildman–Crippen MR) is 227 cm³/mol. The monoisotopic (exact) mass is 796 g/mol. The van der Waals surface area contributed by atoms with Crippen LogP contribution in [-0.4, -0.2) is 74.5 Å². The number of rotatable bonds is 13. The van der Waals surface area contributed by atoms with Gasteiger partial charge in [-0.05, 0) is 105 Å². The van der Waals surface area contributed by atoms with Crippen molar-refractivity contribution in [3.63, 3.8) is 0 Å². The molecule has 0 radical (unpaired) electrons. The number of carbonyl (C=O) groups is 3. The lowest BCUT2D eigenvalue weighted by Crippen LogP contribution is -2.39. The molecule has 11 nitrogen and oxygen atoms in total. The van der Waals surface area contributed by atoms with Gasteiger partial charge in [-0.1, -0.05) is 26.5 Å². The minimum atomic E-state index is -0.383. The van der Waals surface area contributed by atoms with Crippen molar-refractivity contribution in [2.24, 2.45) is 0 Å². The van der Waals surface area contributed by atoms with Gasteiger partial charge in [-0.3, -0.25) is 19.4 Å². The summed E-state index contributed by atoms with van der Waals surface area (Å²) in [5.74, 6) is -0.218. The Kier molecular flexibility index (Phi) is 13.4. The molecule has 2 N–H and O–H groups in total. The number of carbonyl (C=O) groups excluding carboxylic acids is 3. The van der Waals surface area contributed by atoms with Crippen molar-refractivity contribution in [3.05, 3.63) is 75.9 Å². The normalized spacial score (nSPS) is 20.7. The second kappa shape index (κ2) is 18.3. The number of aryl methyl sites for hydroxylation is 3. The maximum atomic E-state index is 13.2. The third kappa shape index (κ3) is 9.72. The quantitative estimate of drug-likeness (QED) is 0.0975. The van der Waals surface area contributed by atoms with E-state index in [1.807, 2.05) is 6.08 Å². The number of hydrogen-bond acceptors (Lipinski definition) is 10. The molecule has 0 amide bonds. The molecule has 3 aliphatic heterocycles. The van der Waals surface area contributed by atoms with Crippen molar-refractivity contribution < 1.29 is 33.3 Å². The molecule has 304 valence electrons. The number of hydrogen-bond donors (Lipinski definition) is 2. The van der Waals surface area contributed by atoms with Gasteiger partial charge in [0.2, 0.25) is 0 Å². The van der Waals surface area contributed by atoms with Crippen LogP contribution in [0.2, 0.25) is 0 Å². The van der Waals surface area contributed by atoms with Gasteiger partial charge in [-0.25, -0.2) is 4.98 Å². The Hall–Kier alpha value is -4.68. The number of aromatic nitrogens is 4. The molecule has 3 aromatic heterocycles. The summed E-state index contributed by atoms with van der Waals surface area (Å²) in [4.78, 5) is 53.9. The van der Waals surface area contributed by atoms with E-state index in [-0.39, 0.29) is 67.0 Å². The Balaban J connectivity index is 1.18. The molecule has 1 fully saturated rings. The van der Waals surface area contributed by atoms with Crippen molar-refractivity contribution in [2.75, 3.05) is 19.0 Å². The Labute approximate surface area is 339 Å². The molecule has 8 bridgehead atoms. The van der Waals surface area contributed by atoms with Crippen LogP contribution in [0.3, 0.4) is 0 Å². The lowest BCUT2D eigenvalue weighted by atomic mass is 9.86. The van der Waals surface area contributed by atoms with Crippen LogP contribution in [0.4, 0.5) is 0 Å². The first kappa shape index (κ1) is 41.9. The number of fused-ring (bicyclic) bond motifs is 8. The summed E-state index contributed by atoms with van der Waals surface area (Å²) in [7, 11) is 0. The van der Waals surface area contributed by atoms with E-state index in [4.69, 9.17) is 28.9 Å². The molecule has 57 heavy (non-hydrogen) atoms. The van der Waals surface area contributed by atoms with Crippen LogP contribution in [0.25, 0.3) is 39.3 Å². The zero-order valence-electron chi connectivity index (χ0n) is 34.5. The molecule has 3 aromatic rings. The van der Waals surface area contributed by atoms with E-state index in [2.05, 4.69) is 82.4 Å². The van der Waals surface area contributed by atoms with E-state index in [0.717, 1.165) is 73.5 Å². The molecule has 0 aromatic carbocycles. The highest BCUT2D eigenvalue weighted by Crippen LogP contribution is 2.42. The van der Waals surface area contributed by atoms with Crippen LogP contribution in [0, 0.1) is 20.8 Å². The lowest BCUT2D eigenvalue weighted by Gasteiger charge is -2.34. The second-order valence-corrected chi connectivity index (χ2v) is 16.6. The first-order valence-electron chi connectivity index (χ1n) is 20.0. The van der Waals surface area contributed by atoms with Crippen molar-refractivity contribution in [2.45, 2.75) is 123 Å². The fourth-order valence-corrected chi connectivity index (χ4v) is 9.30. The molecule has 3 aliphatic rings. The van der Waals surface area contributed by atoms with Gasteiger partial charge in [0.15, 0.2) is 0 Å². The van der Waals surface area contributed by atoms with E-state index >= 15 is 0 Å². The van der Waals surface area contributed by atoms with Gasteiger partial charge in [-0.2, -0.15) is 0 Å². The zero-order chi connectivity index (χ0) is 41.0. The summed E-state index contributed by atoms with van der Waals surface area (Å²) < 4.78 is 22.4. The molecular weight excluding hydrogens is 741 g/mol. The van der Waals surface area contributed by atoms with E-state index in [9.17, 15) is 14.4 Å². The van der Waals surface area contributed by atoms with Crippen molar-refractivity contribution in [3.8, 4) is 0 Å². The Morgan fingerprint density at radius 2 is 1.67 bits per heavy atom. The maximum Gasteiger partial charge on any atom is 0.305 e. The van der Waals surface area contributed by atoms with Crippen LogP contribution in [0.5, 0.6) is 0 Å². The predicted octanol–water partition coefficient (Wildman–Crippen LogP) is 9.56. The van der Waals surface area contributed by atoms with Crippen LogP contribution in [-0.2, 0) is 33.3 Å². The summed E-state index contributed by atoms with van der Waals surface area (Å²) >= 11 is 1.58. The molecule has 6 heterocycles. The fourth-order valence-electron chi connectivity index (χ4n) is 8.16. The number of thioether (sulfide) groups is 1. The van der Waals surface area contributed by atoms with E-state index < -0.39 is 0 Å². The number of H-pyrrole nitrogens is 2. The number of allylic oxidation sites excluding steroid dienone is 2. The number of nitrogens with one attached hydrogen (secondary N) is 2. The number of esters is 3. The van der Waals surface area contributed by atoms with E-state index in [0.29, 0.717) is 31.4 Å². The molecule has 6 rings (SSSR count). The molecule has 1 saturated heterocycles. The summed E-state index contributed by atoms with van der Waals surface area (Å²) in [6, 6.07) is 8.61. The van der Waals surface area contributed by atoms with E-state index in [1.54, 1.807) is 11.8 Å². The van der Waals surface area contributed by atoms with Crippen LogP contribution in [0.1, 0.15) is 130 Å². The summed E-state index contributed by atoms with van der Waals surface area (Å²) in [5.41, 5.74) is 14.3. The van der Waals surface area contributed by atoms with Gasteiger partial charge < -0.3 is 28.9 Å². The van der Waals surface area contributed by atoms with Crippen LogP contribution < -0.4 is 0 Å². The third-order valence-electron chi connectivity index (χ3n) is 11.3. The minimum Gasteiger partial charge on any atom is -0.466 e. The molecular formula is C45H56N4O7S. The summed E-state index contributed by atoms with van der Waals surface area (Å²) in [6.45, 7) is 20.1. The highest BCUT2D eigenvalue weighted by Gasteiger charge is 2.33. The lowest BCUT2D eigenvalue weighted by molar-refractivity contribution is -0.162. The largest absolute Gasteiger partial charge is 0.466 e. The fraction of sp³-hybridized carbons (Fsp3) is 0.489. The topological polar surface area (TPSA) is 145 Å². The summed E-state index contributed by atoms with van der Waals surface area (Å²) in [6.07, 6.45) is 4.63. The zero-order valence-corrected chi connectivity index (χ0v) is 35.3. The first-order chi connectivity index (χ1) is 27.3. The molecule has 0 unspecified atom stereocenters. The van der Waals surface area contributed by atoms with Gasteiger partial charge >= 0.3 is 17.9 Å². The highest BCUT2D eigenvalue weighted by molar-refractivity contribution is 7.99. The Bertz CT molecular complexity index is 2240. The Morgan fingerprint density at radius 1 is 0.930 bits per heavy atom. The SMILES string of the molecule is C=Cc1c(C)c2cc3nc(c(C)c4cc(C)c(cc5nc(cc1[nH]2)C(C)=C5CC)[nH]4)[C@@H](CCC(=O)OCCCS[C@H]1C[C@@H](OC(C)=O)C[C@@H](COC(C)=O)O1)[C@@H]3C. The van der Waals surface area contributed by atoms with Crippen LogP contribution in [0.15, 0.2) is 30.8 Å². The van der Waals surface area contributed by atoms with Gasteiger partial charge in [0, 0.05) is 84.0 Å². The molecule has 0 aliphatic carbocycles. The van der Waals surface area contributed by atoms with Crippen LogP contribution >= 0.6 is 11.8 Å². The minimum absolute atomic E-state index is 0.00742. The van der Waals surface area contributed by atoms with Gasteiger partial charge in [0.05, 0.1) is 24.1 Å². The average molecular weight is 797 g/mol. The summed E-state index contributed by atoms with van der Waals surface area (Å²) in [5, 5.41) is 0. The van der Waals surface area contributed by atoms with Crippen molar-refractivity contribution >= 4 is 69.0 Å². The number of ether oxygens (including phenoxy) is 4. The van der Waals surface area contributed by atoms with Crippen molar-refractivity contribution in [1.82, 2.24) is 19.9 Å². The smallest absolute Gasteiger partial charge is 0.305 e. The average Bonchev–Trinajstić information content (AvgIpc) is 3.86. The number of aromatic amines is 2. The highest BCUT2D eigenvalue weighted by atomic mass is 32.2. The third-order valence-corrected chi connectivity index (χ3v) is 12.5. The second-order valence-electron chi connectivity index (χ2n) is 15.4. The van der Waals surface area contributed by atoms with Gasteiger partial charge in [-0.15, -0.1) is 11.8 Å². The first-order valence-corrected chi connectivity index (χ1v) is 21.1. The molecule has 12 heteroatoms. The van der Waals surface area contributed by atoms with Gasteiger partial charge in [0.25, 0.3) is 0 Å². The molecule has 0 saturated carbocycles. The standard InChI is InChI=1S/C45H56N4O7S/c1-10-33-26(5)39-22-42-34(11-2)25(4)38(47-42)21-40-27(6)35(45(49-40)28(7)37-17-24(3)36(46-37)20-41(33)48-39)13-14-43(52)53-15-12-16-57-44-19-31(55-30(9)51)18-32(56-44)23-54-29(8)50/h11,17,20-22,27,31-32,35,44,46-47H,2,10,12-16,18-19,23H2,1,3-9H3/t27-,31-,32-,35-,44-/m0/s1. The molecule has 0 spiro atoms. The molecule has 5 atom stereocenters.